The van der Waals surface area contributed by atoms with Gasteiger partial charge in [0.25, 0.3) is 0 Å². The zero-order chi connectivity index (χ0) is 17.3. The van der Waals surface area contributed by atoms with Crippen LogP contribution in [0.25, 0.3) is 0 Å². The van der Waals surface area contributed by atoms with E-state index in [1.54, 1.807) is 24.1 Å². The highest BCUT2D eigenvalue weighted by Gasteiger charge is 2.25. The fourth-order valence-corrected chi connectivity index (χ4v) is 3.49. The Balaban J connectivity index is 1.70. The predicted molar refractivity (Wildman–Crippen MR) is 92.7 cm³/mol. The van der Waals surface area contributed by atoms with Crippen LogP contribution in [-0.2, 0) is 21.1 Å². The van der Waals surface area contributed by atoms with Crippen LogP contribution in [0.4, 0.5) is 0 Å². The lowest BCUT2D eigenvalue weighted by molar-refractivity contribution is -0.127. The molecule has 2 heterocycles. The average molecular weight is 344 g/mol. The van der Waals surface area contributed by atoms with E-state index in [2.05, 4.69) is 4.90 Å². The molecule has 0 fully saturated rings. The normalized spacial score (nSPS) is 17.5. The molecule has 0 unspecified atom stereocenters. The van der Waals surface area contributed by atoms with Crippen molar-refractivity contribution in [3.05, 3.63) is 65.7 Å². The number of hydrogen-bond donors (Lipinski definition) is 0. The molecule has 0 N–H and O–H groups in total. The minimum absolute atomic E-state index is 0.0941. The molecule has 126 valence electrons. The third-order valence-corrected chi connectivity index (χ3v) is 5.42. The van der Waals surface area contributed by atoms with Gasteiger partial charge in [0.1, 0.15) is 0 Å². The van der Waals surface area contributed by atoms with Crippen LogP contribution in [0.2, 0.25) is 0 Å². The summed E-state index contributed by atoms with van der Waals surface area (Å²) in [7, 11) is -1.36. The standard InChI is InChI=1S/C18H20N2O3S/c1-19-16-4-3-12-20(17(16)9-10-18(19)21)13-11-14-5-7-15(8-6-14)24(2,22)23/h3-9,12H,10-11,13H2,1-2H3. The van der Waals surface area contributed by atoms with Crippen LogP contribution in [-0.4, -0.2) is 44.0 Å². The van der Waals surface area contributed by atoms with E-state index in [1.165, 1.54) is 6.26 Å². The Hall–Kier alpha value is -2.34. The van der Waals surface area contributed by atoms with Gasteiger partial charge in [-0.05, 0) is 42.3 Å². The molecule has 0 atom stereocenters. The summed E-state index contributed by atoms with van der Waals surface area (Å²) < 4.78 is 23.0. The van der Waals surface area contributed by atoms with Crippen LogP contribution in [0.5, 0.6) is 0 Å². The molecule has 0 bridgehead atoms. The number of amides is 1. The number of fused-ring (bicyclic) bond motifs is 1. The van der Waals surface area contributed by atoms with Crippen LogP contribution in [0, 0.1) is 0 Å². The highest BCUT2D eigenvalue weighted by molar-refractivity contribution is 7.90. The highest BCUT2D eigenvalue weighted by Crippen LogP contribution is 2.28. The maximum Gasteiger partial charge on any atom is 0.230 e. The van der Waals surface area contributed by atoms with E-state index >= 15 is 0 Å². The van der Waals surface area contributed by atoms with E-state index in [0.29, 0.717) is 11.3 Å². The van der Waals surface area contributed by atoms with Crippen molar-refractivity contribution in [2.24, 2.45) is 0 Å². The van der Waals surface area contributed by atoms with Gasteiger partial charge in [0, 0.05) is 32.5 Å². The molecule has 0 saturated heterocycles. The minimum atomic E-state index is -3.16. The summed E-state index contributed by atoms with van der Waals surface area (Å²) in [5.41, 5.74) is 3.04. The summed E-state index contributed by atoms with van der Waals surface area (Å²) in [4.78, 5) is 15.9. The van der Waals surface area contributed by atoms with Gasteiger partial charge in [0.15, 0.2) is 9.84 Å². The molecule has 0 spiro atoms. The van der Waals surface area contributed by atoms with Gasteiger partial charge in [-0.15, -0.1) is 0 Å². The molecule has 2 aliphatic rings. The van der Waals surface area contributed by atoms with Crippen molar-refractivity contribution >= 4 is 15.7 Å². The number of nitrogens with zero attached hydrogens (tertiary/aromatic N) is 2. The van der Waals surface area contributed by atoms with Crippen molar-refractivity contribution in [2.45, 2.75) is 17.7 Å². The highest BCUT2D eigenvalue weighted by atomic mass is 32.2. The monoisotopic (exact) mass is 344 g/mol. The summed E-state index contributed by atoms with van der Waals surface area (Å²) in [5.74, 6) is 0.0941. The van der Waals surface area contributed by atoms with Gasteiger partial charge >= 0.3 is 0 Å². The first-order chi connectivity index (χ1) is 11.4. The van der Waals surface area contributed by atoms with Crippen molar-refractivity contribution in [2.75, 3.05) is 19.8 Å². The van der Waals surface area contributed by atoms with E-state index < -0.39 is 9.84 Å². The van der Waals surface area contributed by atoms with Gasteiger partial charge in [-0.3, -0.25) is 4.79 Å². The molecule has 5 nitrogen and oxygen atoms in total. The van der Waals surface area contributed by atoms with Crippen molar-refractivity contribution in [3.63, 3.8) is 0 Å². The lowest BCUT2D eigenvalue weighted by Gasteiger charge is -2.35. The predicted octanol–water partition coefficient (Wildman–Crippen LogP) is 2.09. The number of allylic oxidation sites excluding steroid dienone is 2. The Morgan fingerprint density at radius 2 is 1.83 bits per heavy atom. The maximum absolute atomic E-state index is 11.8. The topological polar surface area (TPSA) is 57.7 Å². The Morgan fingerprint density at radius 3 is 2.50 bits per heavy atom. The molecular formula is C18H20N2O3S. The first kappa shape index (κ1) is 16.5. The number of hydrogen-bond acceptors (Lipinski definition) is 4. The lowest BCUT2D eigenvalue weighted by atomic mass is 10.1. The van der Waals surface area contributed by atoms with Crippen LogP contribution < -0.4 is 0 Å². The second kappa shape index (κ2) is 6.28. The van der Waals surface area contributed by atoms with Crippen molar-refractivity contribution in [1.82, 2.24) is 9.80 Å². The molecule has 6 heteroatoms. The summed E-state index contributed by atoms with van der Waals surface area (Å²) >= 11 is 0. The van der Waals surface area contributed by atoms with Crippen molar-refractivity contribution < 1.29 is 13.2 Å². The SMILES string of the molecule is CN1C(=O)CC=C2C1=CC=CN2CCc1ccc(S(C)(=O)=O)cc1. The number of likely N-dealkylation sites (N-methyl/N-ethyl adjacent to an activating group) is 1. The van der Waals surface area contributed by atoms with Gasteiger partial charge in [-0.1, -0.05) is 12.1 Å². The number of carbonyl (C=O) groups excluding carboxylic acids is 1. The van der Waals surface area contributed by atoms with Crippen LogP contribution in [0.15, 0.2) is 65.0 Å². The Bertz CT molecular complexity index is 849. The smallest absolute Gasteiger partial charge is 0.230 e. The number of rotatable bonds is 4. The van der Waals surface area contributed by atoms with E-state index in [0.717, 1.165) is 29.9 Å². The first-order valence-corrected chi connectivity index (χ1v) is 9.66. The zero-order valence-electron chi connectivity index (χ0n) is 13.8. The maximum atomic E-state index is 11.8. The largest absolute Gasteiger partial charge is 0.346 e. The Labute approximate surface area is 142 Å². The molecular weight excluding hydrogens is 324 g/mol. The molecule has 0 radical (unpaired) electrons. The second-order valence-corrected chi connectivity index (χ2v) is 8.01. The molecule has 24 heavy (non-hydrogen) atoms. The van der Waals surface area contributed by atoms with Gasteiger partial charge < -0.3 is 9.80 Å². The molecule has 1 amide bonds. The average Bonchev–Trinajstić information content (AvgIpc) is 2.56. The Kier molecular flexibility index (Phi) is 4.32. The summed E-state index contributed by atoms with van der Waals surface area (Å²) in [5, 5.41) is 0. The quantitative estimate of drug-likeness (QED) is 0.839. The van der Waals surface area contributed by atoms with Gasteiger partial charge in [-0.2, -0.15) is 0 Å². The zero-order valence-corrected chi connectivity index (χ0v) is 14.6. The van der Waals surface area contributed by atoms with Crippen molar-refractivity contribution in [1.29, 1.82) is 0 Å². The molecule has 1 aromatic carbocycles. The van der Waals surface area contributed by atoms with E-state index in [9.17, 15) is 13.2 Å². The van der Waals surface area contributed by atoms with Gasteiger partial charge in [-0.25, -0.2) is 8.42 Å². The van der Waals surface area contributed by atoms with Crippen LogP contribution in [0.3, 0.4) is 0 Å². The molecule has 0 aliphatic carbocycles. The minimum Gasteiger partial charge on any atom is -0.346 e. The summed E-state index contributed by atoms with van der Waals surface area (Å²) in [6.45, 7) is 0.764. The Morgan fingerprint density at radius 1 is 1.12 bits per heavy atom. The second-order valence-electron chi connectivity index (χ2n) is 6.00. The summed E-state index contributed by atoms with van der Waals surface area (Å²) in [6.07, 6.45) is 10.3. The molecule has 0 aromatic heterocycles. The first-order valence-electron chi connectivity index (χ1n) is 7.77. The fourth-order valence-electron chi connectivity index (χ4n) is 2.86. The number of sulfone groups is 1. The lowest BCUT2D eigenvalue weighted by Crippen LogP contribution is -2.36. The van der Waals surface area contributed by atoms with Gasteiger partial charge in [0.2, 0.25) is 5.91 Å². The van der Waals surface area contributed by atoms with E-state index in [4.69, 9.17) is 0 Å². The number of benzene rings is 1. The van der Waals surface area contributed by atoms with Gasteiger partial charge in [0.05, 0.1) is 16.3 Å². The molecule has 3 rings (SSSR count). The van der Waals surface area contributed by atoms with E-state index in [-0.39, 0.29) is 5.91 Å². The summed E-state index contributed by atoms with van der Waals surface area (Å²) in [6, 6.07) is 7.00. The van der Waals surface area contributed by atoms with Crippen LogP contribution in [0.1, 0.15) is 12.0 Å². The van der Waals surface area contributed by atoms with Crippen LogP contribution >= 0.6 is 0 Å². The molecule has 0 saturated carbocycles. The molecule has 2 aliphatic heterocycles. The molecule has 1 aromatic rings. The number of carbonyl (C=O) groups is 1. The third kappa shape index (κ3) is 3.28. The third-order valence-electron chi connectivity index (χ3n) is 4.29. The van der Waals surface area contributed by atoms with Crippen molar-refractivity contribution in [3.8, 4) is 0 Å². The van der Waals surface area contributed by atoms with E-state index in [1.807, 2.05) is 36.6 Å². The fraction of sp³-hybridized carbons (Fsp3) is 0.278.